The lowest BCUT2D eigenvalue weighted by atomic mass is 10.00. The molecule has 3 aromatic rings. The molecule has 0 atom stereocenters. The highest BCUT2D eigenvalue weighted by Gasteiger charge is 2.26. The van der Waals surface area contributed by atoms with Gasteiger partial charge in [-0.15, -0.1) is 0 Å². The highest BCUT2D eigenvalue weighted by atomic mass is 16.5. The quantitative estimate of drug-likeness (QED) is 0.159. The monoisotopic (exact) mass is 472 g/mol. The molecule has 0 aliphatic heterocycles. The highest BCUT2D eigenvalue weighted by Crippen LogP contribution is 2.42. The maximum Gasteiger partial charge on any atom is 0.205 e. The number of nitrogens with zero attached hydrogens (tertiary/aromatic N) is 1. The van der Waals surface area contributed by atoms with Gasteiger partial charge in [-0.05, 0) is 30.7 Å². The van der Waals surface area contributed by atoms with Gasteiger partial charge in [0.25, 0.3) is 0 Å². The summed E-state index contributed by atoms with van der Waals surface area (Å²) in [4.78, 5) is 17.5. The fraction of sp³-hybridized carbons (Fsp3) is 0.333. The van der Waals surface area contributed by atoms with Gasteiger partial charge in [-0.1, -0.05) is 19.9 Å². The summed E-state index contributed by atoms with van der Waals surface area (Å²) < 4.78 is 21.9. The summed E-state index contributed by atoms with van der Waals surface area (Å²) in [5.74, 6) is 0.776. The van der Waals surface area contributed by atoms with Crippen molar-refractivity contribution in [2.24, 2.45) is 16.5 Å². The first-order chi connectivity index (χ1) is 16.3. The van der Waals surface area contributed by atoms with Crippen LogP contribution in [-0.2, 0) is 0 Å². The average molecular weight is 473 g/mol. The Labute approximate surface area is 198 Å². The number of carbonyl (C=O) groups is 1. The van der Waals surface area contributed by atoms with Gasteiger partial charge in [-0.2, -0.15) is 0 Å². The molecular formula is C24H32N4O6. The van der Waals surface area contributed by atoms with Crippen molar-refractivity contribution in [1.82, 2.24) is 0 Å². The average Bonchev–Trinajstić information content (AvgIpc) is 3.22. The third-order valence-corrected chi connectivity index (χ3v) is 4.88. The Hall–Kier alpha value is -4.08. The SMILES string of the molecule is CC.COc1cc(C(=O)c2c(NCCN=C(N)N)oc3c(O)c(C)ccc23)cc(OC)c1OC. The van der Waals surface area contributed by atoms with E-state index in [1.54, 1.807) is 31.2 Å². The summed E-state index contributed by atoms with van der Waals surface area (Å²) in [6.07, 6.45) is 0. The number of rotatable bonds is 9. The summed E-state index contributed by atoms with van der Waals surface area (Å²) in [6, 6.07) is 6.54. The van der Waals surface area contributed by atoms with Crippen molar-refractivity contribution in [2.45, 2.75) is 20.8 Å². The number of ether oxygens (including phenoxy) is 3. The predicted octanol–water partition coefficient (Wildman–Crippen LogP) is 3.42. The molecular weight excluding hydrogens is 440 g/mol. The number of fused-ring (bicyclic) bond motifs is 1. The van der Waals surface area contributed by atoms with E-state index in [4.69, 9.17) is 30.1 Å². The Morgan fingerprint density at radius 1 is 1.09 bits per heavy atom. The summed E-state index contributed by atoms with van der Waals surface area (Å²) in [6.45, 7) is 6.30. The van der Waals surface area contributed by atoms with Crippen LogP contribution < -0.4 is 31.0 Å². The molecule has 2 aromatic carbocycles. The second kappa shape index (κ2) is 11.7. The number of guanidine groups is 1. The zero-order valence-corrected chi connectivity index (χ0v) is 20.3. The maximum atomic E-state index is 13.6. The van der Waals surface area contributed by atoms with Crippen molar-refractivity contribution in [2.75, 3.05) is 39.7 Å². The zero-order valence-electron chi connectivity index (χ0n) is 20.3. The Morgan fingerprint density at radius 2 is 1.71 bits per heavy atom. The van der Waals surface area contributed by atoms with Crippen LogP contribution in [0.25, 0.3) is 11.0 Å². The molecule has 10 nitrogen and oxygen atoms in total. The number of anilines is 1. The van der Waals surface area contributed by atoms with E-state index in [0.29, 0.717) is 34.7 Å². The van der Waals surface area contributed by atoms with E-state index in [1.165, 1.54) is 21.3 Å². The second-order valence-corrected chi connectivity index (χ2v) is 6.89. The molecule has 0 aliphatic rings. The molecule has 184 valence electrons. The van der Waals surface area contributed by atoms with Gasteiger partial charge in [-0.3, -0.25) is 9.79 Å². The summed E-state index contributed by atoms with van der Waals surface area (Å²) in [5, 5.41) is 14.0. The van der Waals surface area contributed by atoms with Gasteiger partial charge in [0, 0.05) is 17.5 Å². The molecule has 0 bridgehead atoms. The van der Waals surface area contributed by atoms with Crippen LogP contribution >= 0.6 is 0 Å². The Balaban J connectivity index is 0.00000199. The number of furan rings is 1. The minimum atomic E-state index is -0.365. The number of ketones is 1. The molecule has 1 heterocycles. The number of nitrogens with two attached hydrogens (primary N) is 2. The smallest absolute Gasteiger partial charge is 0.205 e. The van der Waals surface area contributed by atoms with Gasteiger partial charge in [-0.25, -0.2) is 0 Å². The van der Waals surface area contributed by atoms with Crippen LogP contribution in [0.2, 0.25) is 0 Å². The largest absolute Gasteiger partial charge is 0.504 e. The number of aromatic hydroxyl groups is 1. The zero-order chi connectivity index (χ0) is 25.4. The number of aryl methyl sites for hydroxylation is 1. The maximum absolute atomic E-state index is 13.6. The van der Waals surface area contributed by atoms with Crippen LogP contribution in [0.5, 0.6) is 23.0 Å². The molecule has 0 spiro atoms. The van der Waals surface area contributed by atoms with Crippen LogP contribution in [-0.4, -0.2) is 51.3 Å². The number of phenolic OH excluding ortho intramolecular Hbond substituents is 1. The number of nitrogens with one attached hydrogen (secondary N) is 1. The first kappa shape index (κ1) is 26.2. The lowest BCUT2D eigenvalue weighted by Crippen LogP contribution is -2.24. The van der Waals surface area contributed by atoms with Crippen LogP contribution in [0.15, 0.2) is 33.7 Å². The number of aliphatic imine (C=N–C) groups is 1. The second-order valence-electron chi connectivity index (χ2n) is 6.89. The van der Waals surface area contributed by atoms with Crippen molar-refractivity contribution >= 4 is 28.6 Å². The third kappa shape index (κ3) is 5.28. The third-order valence-electron chi connectivity index (χ3n) is 4.88. The van der Waals surface area contributed by atoms with Gasteiger partial charge in [0.2, 0.25) is 11.6 Å². The molecule has 0 saturated heterocycles. The minimum absolute atomic E-state index is 0.0429. The number of methoxy groups -OCH3 is 3. The van der Waals surface area contributed by atoms with Crippen molar-refractivity contribution in [3.8, 4) is 23.0 Å². The van der Waals surface area contributed by atoms with Crippen molar-refractivity contribution in [1.29, 1.82) is 0 Å². The first-order valence-electron chi connectivity index (χ1n) is 10.7. The molecule has 0 saturated carbocycles. The van der Waals surface area contributed by atoms with Crippen LogP contribution in [0.3, 0.4) is 0 Å². The van der Waals surface area contributed by atoms with E-state index < -0.39 is 0 Å². The van der Waals surface area contributed by atoms with Crippen LogP contribution in [0.1, 0.15) is 35.3 Å². The molecule has 1 aromatic heterocycles. The first-order valence-corrected chi connectivity index (χ1v) is 10.7. The molecule has 0 unspecified atom stereocenters. The Kier molecular flexibility index (Phi) is 9.00. The topological polar surface area (TPSA) is 155 Å². The fourth-order valence-electron chi connectivity index (χ4n) is 3.31. The molecule has 0 aliphatic carbocycles. The van der Waals surface area contributed by atoms with E-state index in [9.17, 15) is 9.90 Å². The van der Waals surface area contributed by atoms with E-state index in [2.05, 4.69) is 10.3 Å². The van der Waals surface area contributed by atoms with Gasteiger partial charge in [0.15, 0.2) is 34.6 Å². The van der Waals surface area contributed by atoms with Crippen LogP contribution in [0, 0.1) is 6.92 Å². The van der Waals surface area contributed by atoms with Crippen molar-refractivity contribution in [3.63, 3.8) is 0 Å². The Bertz CT molecular complexity index is 1160. The fourth-order valence-corrected chi connectivity index (χ4v) is 3.31. The number of benzene rings is 2. The summed E-state index contributed by atoms with van der Waals surface area (Å²) >= 11 is 0. The van der Waals surface area contributed by atoms with Crippen molar-refractivity contribution < 1.29 is 28.5 Å². The van der Waals surface area contributed by atoms with E-state index >= 15 is 0 Å². The number of hydrogen-bond acceptors (Lipinski definition) is 8. The van der Waals surface area contributed by atoms with Gasteiger partial charge in [0.05, 0.1) is 33.4 Å². The molecule has 0 radical (unpaired) electrons. The predicted molar refractivity (Wildman–Crippen MR) is 133 cm³/mol. The summed E-state index contributed by atoms with van der Waals surface area (Å²) in [7, 11) is 4.42. The van der Waals surface area contributed by atoms with Crippen LogP contribution in [0.4, 0.5) is 5.88 Å². The minimum Gasteiger partial charge on any atom is -0.504 e. The molecule has 3 rings (SSSR count). The molecule has 6 N–H and O–H groups in total. The Morgan fingerprint density at radius 3 is 2.24 bits per heavy atom. The molecule has 0 amide bonds. The molecule has 34 heavy (non-hydrogen) atoms. The highest BCUT2D eigenvalue weighted by molar-refractivity contribution is 6.20. The van der Waals surface area contributed by atoms with Gasteiger partial charge < -0.3 is 40.5 Å². The number of carbonyl (C=O) groups excluding carboxylic acids is 1. The number of phenols is 1. The van der Waals surface area contributed by atoms with Gasteiger partial charge in [0.1, 0.15) is 0 Å². The standard InChI is InChI=1S/C22H26N4O6.C2H6/c1-11-5-6-13-16(21(32-19(13)17(11)27)25-7-8-26-22(23)24)18(28)12-9-14(29-2)20(31-4)15(10-12)30-3;1-2/h5-6,9-10,25,27H,7-8H2,1-4H3,(H4,23,24,26);1-2H3. The van der Waals surface area contributed by atoms with Gasteiger partial charge >= 0.3 is 0 Å². The molecule has 10 heteroatoms. The van der Waals surface area contributed by atoms with E-state index in [-0.39, 0.29) is 46.6 Å². The lowest BCUT2D eigenvalue weighted by molar-refractivity contribution is 0.103. The summed E-state index contributed by atoms with van der Waals surface area (Å²) in [5.41, 5.74) is 12.1. The van der Waals surface area contributed by atoms with E-state index in [0.717, 1.165) is 0 Å². The van der Waals surface area contributed by atoms with Crippen molar-refractivity contribution in [3.05, 3.63) is 41.0 Å². The molecule has 0 fully saturated rings. The number of hydrogen-bond donors (Lipinski definition) is 4. The lowest BCUT2D eigenvalue weighted by Gasteiger charge is -2.14. The van der Waals surface area contributed by atoms with E-state index in [1.807, 2.05) is 13.8 Å². The normalized spacial score (nSPS) is 10.2.